The Balaban J connectivity index is 1.87. The number of hydrogen-bond donors (Lipinski definition) is 3. The van der Waals surface area contributed by atoms with Gasteiger partial charge in [0.1, 0.15) is 5.78 Å². The van der Waals surface area contributed by atoms with Crippen LogP contribution in [-0.4, -0.2) is 56.8 Å². The standard InChI is InChI=1S/C28H41ClN2O5/c1-6-19-25(34)17(2)10-9-12-28(5)23(36-28)15-21(20(29)14-18-11-7-8-13-30-18)31-24(33)16-22(32)27(3,4)26(19)35/h7-8,11,13-14,17,19,21-23,25,32,34H,6,9-10,12,15-16H2,1-5H3,(H,31,33). The van der Waals surface area contributed by atoms with Crippen LogP contribution in [0.4, 0.5) is 0 Å². The van der Waals surface area contributed by atoms with Crippen LogP contribution in [0.1, 0.15) is 78.8 Å². The molecule has 3 N–H and O–H groups in total. The normalized spacial score (nSPS) is 36.6. The van der Waals surface area contributed by atoms with Crippen molar-refractivity contribution in [1.29, 1.82) is 0 Å². The number of epoxide rings is 1. The number of aromatic nitrogens is 1. The van der Waals surface area contributed by atoms with Gasteiger partial charge in [0, 0.05) is 23.6 Å². The van der Waals surface area contributed by atoms with Gasteiger partial charge in [0.2, 0.25) is 5.91 Å². The summed E-state index contributed by atoms with van der Waals surface area (Å²) in [7, 11) is 0. The summed E-state index contributed by atoms with van der Waals surface area (Å²) in [5.41, 5.74) is -0.848. The highest BCUT2D eigenvalue weighted by atomic mass is 35.5. The number of rotatable bonds is 3. The first-order valence-corrected chi connectivity index (χ1v) is 13.4. The number of ketones is 1. The van der Waals surface area contributed by atoms with E-state index in [2.05, 4.69) is 17.2 Å². The van der Waals surface area contributed by atoms with Crippen molar-refractivity contribution in [3.05, 3.63) is 35.1 Å². The molecule has 3 rings (SSSR count). The second kappa shape index (κ2) is 11.7. The van der Waals surface area contributed by atoms with E-state index < -0.39 is 35.5 Å². The maximum atomic E-state index is 13.4. The first-order valence-electron chi connectivity index (χ1n) is 13.0. The van der Waals surface area contributed by atoms with Crippen molar-refractivity contribution in [2.75, 3.05) is 0 Å². The van der Waals surface area contributed by atoms with Gasteiger partial charge < -0.3 is 20.3 Å². The Morgan fingerprint density at radius 3 is 2.64 bits per heavy atom. The van der Waals surface area contributed by atoms with Gasteiger partial charge in [-0.05, 0) is 50.3 Å². The minimum atomic E-state index is -1.21. The van der Waals surface area contributed by atoms with Crippen molar-refractivity contribution in [2.45, 2.75) is 103 Å². The van der Waals surface area contributed by atoms with Crippen LogP contribution in [0.3, 0.4) is 0 Å². The lowest BCUT2D eigenvalue weighted by atomic mass is 9.71. The average molecular weight is 521 g/mol. The molecule has 8 heteroatoms. The molecular formula is C28H41ClN2O5. The fraction of sp³-hybridized carbons (Fsp3) is 0.679. The predicted octanol–water partition coefficient (Wildman–Crippen LogP) is 4.25. The van der Waals surface area contributed by atoms with Crippen LogP contribution in [0, 0.1) is 17.3 Å². The lowest BCUT2D eigenvalue weighted by molar-refractivity contribution is -0.144. The third-order valence-electron chi connectivity index (χ3n) is 8.08. The van der Waals surface area contributed by atoms with E-state index in [1.54, 1.807) is 26.1 Å². The first kappa shape index (κ1) is 28.8. The molecule has 7 unspecified atom stereocenters. The van der Waals surface area contributed by atoms with E-state index in [4.69, 9.17) is 16.3 Å². The zero-order valence-corrected chi connectivity index (χ0v) is 22.8. The Bertz CT molecular complexity index is 953. The van der Waals surface area contributed by atoms with Gasteiger partial charge >= 0.3 is 0 Å². The van der Waals surface area contributed by atoms with E-state index in [0.29, 0.717) is 23.6 Å². The van der Waals surface area contributed by atoms with E-state index in [0.717, 1.165) is 19.3 Å². The summed E-state index contributed by atoms with van der Waals surface area (Å²) < 4.78 is 6.05. The van der Waals surface area contributed by atoms with E-state index in [1.807, 2.05) is 32.0 Å². The van der Waals surface area contributed by atoms with Crippen LogP contribution < -0.4 is 5.32 Å². The molecule has 7 nitrogen and oxygen atoms in total. The highest BCUT2D eigenvalue weighted by molar-refractivity contribution is 6.32. The molecule has 3 heterocycles. The Labute approximate surface area is 219 Å². The molecule has 7 atom stereocenters. The van der Waals surface area contributed by atoms with Gasteiger partial charge in [0.05, 0.1) is 47.5 Å². The van der Waals surface area contributed by atoms with Crippen molar-refractivity contribution >= 4 is 29.4 Å². The van der Waals surface area contributed by atoms with Crippen molar-refractivity contribution in [3.63, 3.8) is 0 Å². The van der Waals surface area contributed by atoms with Crippen molar-refractivity contribution in [2.24, 2.45) is 17.3 Å². The zero-order chi connectivity index (χ0) is 26.7. The average Bonchev–Trinajstić information content (AvgIpc) is 3.47. The van der Waals surface area contributed by atoms with Gasteiger partial charge in [-0.15, -0.1) is 0 Å². The Hall–Kier alpha value is -1.80. The smallest absolute Gasteiger partial charge is 0.223 e. The molecule has 1 amide bonds. The molecule has 0 aromatic carbocycles. The van der Waals surface area contributed by atoms with Crippen molar-refractivity contribution in [3.8, 4) is 0 Å². The number of aliphatic hydroxyl groups is 2. The molecule has 0 spiro atoms. The summed E-state index contributed by atoms with van der Waals surface area (Å²) in [5, 5.41) is 25.4. The third-order valence-corrected chi connectivity index (χ3v) is 8.45. The minimum absolute atomic E-state index is 0.0758. The summed E-state index contributed by atoms with van der Waals surface area (Å²) >= 11 is 6.68. The fourth-order valence-electron chi connectivity index (χ4n) is 5.22. The number of nitrogens with one attached hydrogen (secondary N) is 1. The monoisotopic (exact) mass is 520 g/mol. The van der Waals surface area contributed by atoms with Crippen LogP contribution in [0.15, 0.2) is 29.4 Å². The maximum absolute atomic E-state index is 13.4. The van der Waals surface area contributed by atoms with Gasteiger partial charge in [-0.2, -0.15) is 0 Å². The number of amides is 1. The van der Waals surface area contributed by atoms with Crippen molar-refractivity contribution < 1.29 is 24.5 Å². The van der Waals surface area contributed by atoms with E-state index in [9.17, 15) is 19.8 Å². The number of pyridine rings is 1. The second-order valence-electron chi connectivity index (χ2n) is 11.2. The summed E-state index contributed by atoms with van der Waals surface area (Å²) in [6.45, 7) is 9.18. The lowest BCUT2D eigenvalue weighted by Gasteiger charge is -2.35. The molecule has 1 aromatic rings. The second-order valence-corrected chi connectivity index (χ2v) is 11.7. The number of nitrogens with zero attached hydrogens (tertiary/aromatic N) is 1. The summed E-state index contributed by atoms with van der Waals surface area (Å²) in [4.78, 5) is 30.8. The number of aliphatic hydroxyl groups excluding tert-OH is 2. The number of hydrogen-bond acceptors (Lipinski definition) is 6. The van der Waals surface area contributed by atoms with Crippen LogP contribution in [0.25, 0.3) is 6.08 Å². The van der Waals surface area contributed by atoms with Crippen LogP contribution in [-0.2, 0) is 14.3 Å². The Morgan fingerprint density at radius 1 is 1.28 bits per heavy atom. The van der Waals surface area contributed by atoms with Gasteiger partial charge in [-0.25, -0.2) is 0 Å². The molecule has 2 saturated heterocycles. The maximum Gasteiger partial charge on any atom is 0.223 e. The number of halogens is 1. The topological polar surface area (TPSA) is 112 Å². The van der Waals surface area contributed by atoms with Gasteiger partial charge in [0.25, 0.3) is 0 Å². The third kappa shape index (κ3) is 6.74. The van der Waals surface area contributed by atoms with E-state index in [1.165, 1.54) is 0 Å². The van der Waals surface area contributed by atoms with Gasteiger partial charge in [-0.3, -0.25) is 14.6 Å². The fourth-order valence-corrected chi connectivity index (χ4v) is 5.47. The Kier molecular flexibility index (Phi) is 9.36. The number of Topliss-reactive ketones (excluding diaryl/α,β-unsaturated/α-hetero) is 1. The predicted molar refractivity (Wildman–Crippen MR) is 140 cm³/mol. The number of carbonyl (C=O) groups is 2. The van der Waals surface area contributed by atoms with Crippen LogP contribution >= 0.6 is 11.6 Å². The van der Waals surface area contributed by atoms with Gasteiger partial charge in [-0.1, -0.05) is 51.8 Å². The zero-order valence-electron chi connectivity index (χ0n) is 22.0. The molecule has 200 valence electrons. The summed E-state index contributed by atoms with van der Waals surface area (Å²) in [6, 6.07) is 4.99. The molecule has 36 heavy (non-hydrogen) atoms. The molecule has 2 aliphatic rings. The van der Waals surface area contributed by atoms with Crippen LogP contribution in [0.5, 0.6) is 0 Å². The SMILES string of the molecule is CCC1C(=O)C(C)(C)C(O)CC(=O)NC(C(Cl)=Cc2ccccn2)CC2OC2(C)CCCC(C)C1O. The number of fused-ring (bicyclic) bond motifs is 1. The summed E-state index contributed by atoms with van der Waals surface area (Å²) in [6.07, 6.45) is 4.42. The molecule has 2 fully saturated rings. The molecule has 0 saturated carbocycles. The van der Waals surface area contributed by atoms with Crippen LogP contribution in [0.2, 0.25) is 0 Å². The molecular weight excluding hydrogens is 480 g/mol. The van der Waals surface area contributed by atoms with Gasteiger partial charge in [0.15, 0.2) is 0 Å². The molecule has 2 aliphatic heterocycles. The minimum Gasteiger partial charge on any atom is -0.392 e. The highest BCUT2D eigenvalue weighted by Gasteiger charge is 2.52. The first-order chi connectivity index (χ1) is 16.9. The number of ether oxygens (including phenoxy) is 1. The molecule has 0 aliphatic carbocycles. The number of carbonyl (C=O) groups excluding carboxylic acids is 2. The van der Waals surface area contributed by atoms with Crippen molar-refractivity contribution in [1.82, 2.24) is 10.3 Å². The summed E-state index contributed by atoms with van der Waals surface area (Å²) in [5.74, 6) is -1.31. The lowest BCUT2D eigenvalue weighted by Crippen LogP contribution is -2.48. The quantitative estimate of drug-likeness (QED) is 0.514. The highest BCUT2D eigenvalue weighted by Crippen LogP contribution is 2.45. The molecule has 1 aromatic heterocycles. The van der Waals surface area contributed by atoms with E-state index in [-0.39, 0.29) is 29.8 Å². The molecule has 0 bridgehead atoms. The largest absolute Gasteiger partial charge is 0.392 e. The Morgan fingerprint density at radius 2 is 2.00 bits per heavy atom. The molecule has 0 radical (unpaired) electrons. The van der Waals surface area contributed by atoms with E-state index >= 15 is 0 Å².